The van der Waals surface area contributed by atoms with Crippen LogP contribution in [0.15, 0.2) is 108 Å². The number of aliphatic hydroxyl groups excluding tert-OH is 1. The Hall–Kier alpha value is -4.29. The molecule has 0 saturated carbocycles. The molecule has 0 aliphatic carbocycles. The lowest BCUT2D eigenvalue weighted by Gasteiger charge is -2.36. The molecule has 1 aliphatic heterocycles. The van der Waals surface area contributed by atoms with E-state index in [2.05, 4.69) is 44.0 Å². The standard InChI is InChI=1S/C34H36N4O3S/c1-3-35-24-33(39)23-27(2)13-14-29-11-7-8-12-31(29)25-37-19-21-38(22-20-37)32-17-15-30(16-18-32)34(40)36-42(41)26-28-9-5-4-6-10-28/h4-12,15-18,23-24,39H,2-3,19-22,25-26H2,1H3,(H,36,40)/b33-23+,35-24+. The zero-order valence-corrected chi connectivity index (χ0v) is 24.6. The Balaban J connectivity index is 1.28. The van der Waals surface area contributed by atoms with E-state index in [9.17, 15) is 14.5 Å². The van der Waals surface area contributed by atoms with Gasteiger partial charge >= 0.3 is 0 Å². The van der Waals surface area contributed by atoms with Gasteiger partial charge in [-0.15, -0.1) is 0 Å². The molecule has 216 valence electrons. The van der Waals surface area contributed by atoms with Crippen molar-refractivity contribution in [3.63, 3.8) is 0 Å². The van der Waals surface area contributed by atoms with E-state index in [0.29, 0.717) is 17.7 Å². The quantitative estimate of drug-likeness (QED) is 0.115. The van der Waals surface area contributed by atoms with E-state index in [1.165, 1.54) is 12.3 Å². The molecule has 0 bridgehead atoms. The lowest BCUT2D eigenvalue weighted by Crippen LogP contribution is -2.46. The van der Waals surface area contributed by atoms with Gasteiger partial charge in [0.15, 0.2) is 5.75 Å². The number of amides is 1. The number of hydrogen-bond acceptors (Lipinski definition) is 6. The van der Waals surface area contributed by atoms with Crippen LogP contribution < -0.4 is 9.62 Å². The third-order valence-electron chi connectivity index (χ3n) is 6.71. The average Bonchev–Trinajstić information content (AvgIpc) is 3.00. The summed E-state index contributed by atoms with van der Waals surface area (Å²) in [7, 11) is 0. The summed E-state index contributed by atoms with van der Waals surface area (Å²) in [4.78, 5) is 21.3. The molecule has 1 aliphatic rings. The number of carbonyl (C=O) groups is 1. The summed E-state index contributed by atoms with van der Waals surface area (Å²) >= 11 is -1.49. The molecule has 2 N–H and O–H groups in total. The molecule has 1 amide bonds. The van der Waals surface area contributed by atoms with Crippen LogP contribution in [0.5, 0.6) is 0 Å². The highest BCUT2D eigenvalue weighted by atomic mass is 32.2. The lowest BCUT2D eigenvalue weighted by atomic mass is 10.1. The summed E-state index contributed by atoms with van der Waals surface area (Å²) in [6.07, 6.45) is 2.92. The minimum atomic E-state index is -1.49. The van der Waals surface area contributed by atoms with Gasteiger partial charge in [-0.05, 0) is 48.9 Å². The van der Waals surface area contributed by atoms with Crippen molar-refractivity contribution in [2.45, 2.75) is 19.2 Å². The number of rotatable bonds is 10. The minimum absolute atomic E-state index is 0.0375. The normalized spacial score (nSPS) is 14.7. The Bertz CT molecular complexity index is 1470. The van der Waals surface area contributed by atoms with E-state index in [-0.39, 0.29) is 17.4 Å². The second-order valence-corrected chi connectivity index (χ2v) is 11.0. The number of benzene rings is 3. The Morgan fingerprint density at radius 1 is 1.05 bits per heavy atom. The third kappa shape index (κ3) is 9.38. The molecule has 1 unspecified atom stereocenters. The van der Waals surface area contributed by atoms with Crippen LogP contribution in [0.2, 0.25) is 0 Å². The Morgan fingerprint density at radius 3 is 2.45 bits per heavy atom. The molecular weight excluding hydrogens is 544 g/mol. The zero-order valence-electron chi connectivity index (χ0n) is 23.8. The number of allylic oxidation sites excluding steroid dienone is 3. The number of piperazine rings is 1. The van der Waals surface area contributed by atoms with Crippen LogP contribution >= 0.6 is 0 Å². The van der Waals surface area contributed by atoms with E-state index in [1.807, 2.05) is 67.6 Å². The SMILES string of the molecule is C=C(C#Cc1ccccc1CN1CCN(c2ccc(C(=O)N[S+]([O-])Cc3ccccc3)cc2)CC1)/C=C(O)\C=N\CC. The first-order valence-corrected chi connectivity index (χ1v) is 15.2. The molecule has 0 radical (unpaired) electrons. The van der Waals surface area contributed by atoms with Gasteiger partial charge < -0.3 is 14.6 Å². The van der Waals surface area contributed by atoms with Crippen molar-refractivity contribution in [2.75, 3.05) is 37.6 Å². The molecule has 1 saturated heterocycles. The molecule has 1 atom stereocenters. The number of carbonyl (C=O) groups excluding carboxylic acids is 1. The number of nitrogens with zero attached hydrogens (tertiary/aromatic N) is 3. The van der Waals surface area contributed by atoms with Gasteiger partial charge in [-0.2, -0.15) is 4.72 Å². The number of anilines is 1. The number of aliphatic imine (C=N–C) groups is 1. The predicted octanol–water partition coefficient (Wildman–Crippen LogP) is 5.04. The number of aliphatic hydroxyl groups is 1. The Labute approximate surface area is 251 Å². The van der Waals surface area contributed by atoms with Crippen LogP contribution in [0.3, 0.4) is 0 Å². The zero-order chi connectivity index (χ0) is 29.7. The van der Waals surface area contributed by atoms with Crippen LogP contribution in [0.1, 0.15) is 34.0 Å². The van der Waals surface area contributed by atoms with Gasteiger partial charge in [-0.3, -0.25) is 14.7 Å². The van der Waals surface area contributed by atoms with Gasteiger partial charge in [0.2, 0.25) is 0 Å². The predicted molar refractivity (Wildman–Crippen MR) is 172 cm³/mol. The van der Waals surface area contributed by atoms with Gasteiger partial charge in [-0.1, -0.05) is 67.0 Å². The molecule has 3 aromatic carbocycles. The van der Waals surface area contributed by atoms with Crippen LogP contribution in [-0.4, -0.2) is 59.4 Å². The van der Waals surface area contributed by atoms with E-state index in [0.717, 1.165) is 55.1 Å². The minimum Gasteiger partial charge on any atom is -0.593 e. The van der Waals surface area contributed by atoms with Crippen molar-refractivity contribution in [3.8, 4) is 11.8 Å². The van der Waals surface area contributed by atoms with Crippen LogP contribution in [0, 0.1) is 11.8 Å². The van der Waals surface area contributed by atoms with Crippen molar-refractivity contribution < 1.29 is 14.5 Å². The summed E-state index contributed by atoms with van der Waals surface area (Å²) in [6, 6.07) is 25.0. The van der Waals surface area contributed by atoms with E-state index < -0.39 is 11.4 Å². The summed E-state index contributed by atoms with van der Waals surface area (Å²) in [5, 5.41) is 9.88. The molecule has 1 fully saturated rings. The summed E-state index contributed by atoms with van der Waals surface area (Å²) in [5.41, 5.74) is 5.06. The summed E-state index contributed by atoms with van der Waals surface area (Å²) < 4.78 is 15.0. The lowest BCUT2D eigenvalue weighted by molar-refractivity contribution is 0.0981. The molecule has 4 rings (SSSR count). The third-order valence-corrected chi connectivity index (χ3v) is 7.72. The summed E-state index contributed by atoms with van der Waals surface area (Å²) in [6.45, 7) is 10.7. The van der Waals surface area contributed by atoms with Crippen molar-refractivity contribution >= 4 is 29.2 Å². The van der Waals surface area contributed by atoms with Crippen molar-refractivity contribution in [1.82, 2.24) is 9.62 Å². The molecule has 3 aromatic rings. The maximum absolute atomic E-state index is 12.6. The first-order valence-electron chi connectivity index (χ1n) is 13.9. The van der Waals surface area contributed by atoms with Crippen LogP contribution in [-0.2, 0) is 23.7 Å². The highest BCUT2D eigenvalue weighted by molar-refractivity contribution is 7.89. The molecule has 0 spiro atoms. The highest BCUT2D eigenvalue weighted by Gasteiger charge is 2.19. The van der Waals surface area contributed by atoms with Crippen molar-refractivity contribution in [1.29, 1.82) is 0 Å². The first-order chi connectivity index (χ1) is 20.4. The highest BCUT2D eigenvalue weighted by Crippen LogP contribution is 2.20. The molecule has 0 aromatic heterocycles. The smallest absolute Gasteiger partial charge is 0.292 e. The average molecular weight is 581 g/mol. The molecule has 1 heterocycles. The summed E-state index contributed by atoms with van der Waals surface area (Å²) in [5.74, 6) is 6.20. The van der Waals surface area contributed by atoms with Crippen LogP contribution in [0.25, 0.3) is 0 Å². The maximum Gasteiger partial charge on any atom is 0.292 e. The van der Waals surface area contributed by atoms with Gasteiger partial charge in [0, 0.05) is 67.2 Å². The van der Waals surface area contributed by atoms with Crippen molar-refractivity contribution in [2.24, 2.45) is 4.99 Å². The largest absolute Gasteiger partial charge is 0.593 e. The fraction of sp³-hybridized carbons (Fsp3) is 0.235. The van der Waals surface area contributed by atoms with E-state index in [4.69, 9.17) is 0 Å². The number of nitrogens with one attached hydrogen (secondary N) is 1. The second kappa shape index (κ2) is 15.6. The van der Waals surface area contributed by atoms with E-state index in [1.54, 1.807) is 12.1 Å². The first kappa shape index (κ1) is 30.7. The molecular formula is C34H36N4O3S. The number of hydrogen-bond donors (Lipinski definition) is 2. The van der Waals surface area contributed by atoms with E-state index >= 15 is 0 Å². The molecule has 7 nitrogen and oxygen atoms in total. The fourth-order valence-electron chi connectivity index (χ4n) is 4.52. The van der Waals surface area contributed by atoms with Crippen molar-refractivity contribution in [3.05, 3.63) is 125 Å². The van der Waals surface area contributed by atoms with Crippen LogP contribution in [0.4, 0.5) is 5.69 Å². The second-order valence-electron chi connectivity index (χ2n) is 9.85. The molecule has 8 heteroatoms. The molecule has 42 heavy (non-hydrogen) atoms. The Morgan fingerprint density at radius 2 is 1.74 bits per heavy atom. The van der Waals surface area contributed by atoms with Gasteiger partial charge in [0.05, 0.1) is 17.6 Å². The monoisotopic (exact) mass is 580 g/mol. The van der Waals surface area contributed by atoms with Gasteiger partial charge in [0.25, 0.3) is 5.91 Å². The topological polar surface area (TPSA) is 91.2 Å². The fourth-order valence-corrected chi connectivity index (χ4v) is 5.41. The maximum atomic E-state index is 12.6. The Kier molecular flexibility index (Phi) is 11.4. The van der Waals surface area contributed by atoms with Gasteiger partial charge in [-0.25, -0.2) is 0 Å². The van der Waals surface area contributed by atoms with Gasteiger partial charge in [0.1, 0.15) is 5.76 Å².